The van der Waals surface area contributed by atoms with Gasteiger partial charge >= 0.3 is 0 Å². The number of thioether (sulfide) groups is 1. The minimum Gasteiger partial charge on any atom is -0.322 e. The van der Waals surface area contributed by atoms with E-state index >= 15 is 0 Å². The van der Waals surface area contributed by atoms with Gasteiger partial charge in [0.15, 0.2) is 11.0 Å². The lowest BCUT2D eigenvalue weighted by Gasteiger charge is -2.11. The van der Waals surface area contributed by atoms with Crippen molar-refractivity contribution in [2.45, 2.75) is 32.5 Å². The Bertz CT molecular complexity index is 728. The van der Waals surface area contributed by atoms with E-state index in [2.05, 4.69) is 45.3 Å². The summed E-state index contributed by atoms with van der Waals surface area (Å²) in [6, 6.07) is 1.81. The number of amides is 1. The molecule has 1 heterocycles. The van der Waals surface area contributed by atoms with Crippen molar-refractivity contribution < 1.29 is 13.6 Å². The summed E-state index contributed by atoms with van der Waals surface area (Å²) in [5.41, 5.74) is -0.0816. The Morgan fingerprint density at radius 2 is 2.08 bits per heavy atom. The number of halogens is 3. The summed E-state index contributed by atoms with van der Waals surface area (Å²) in [5, 5.41) is 11.1. The number of benzene rings is 1. The SMILES string of the molecule is Cc1nnc(SCC(=O)Nc2c(F)cc(F)cc2Br)n1CC(C)C. The van der Waals surface area contributed by atoms with Gasteiger partial charge in [0.05, 0.1) is 11.4 Å². The number of aryl methyl sites for hydroxylation is 1. The molecule has 0 bridgehead atoms. The van der Waals surface area contributed by atoms with Crippen molar-refractivity contribution in [1.29, 1.82) is 0 Å². The zero-order valence-corrected chi connectivity index (χ0v) is 15.8. The van der Waals surface area contributed by atoms with Gasteiger partial charge in [0.1, 0.15) is 11.6 Å². The predicted molar refractivity (Wildman–Crippen MR) is 93.0 cm³/mol. The molecule has 0 spiro atoms. The lowest BCUT2D eigenvalue weighted by molar-refractivity contribution is -0.113. The van der Waals surface area contributed by atoms with Gasteiger partial charge in [-0.05, 0) is 34.8 Å². The average Bonchev–Trinajstić information content (AvgIpc) is 2.81. The first-order valence-electron chi connectivity index (χ1n) is 7.25. The van der Waals surface area contributed by atoms with Gasteiger partial charge in [-0.3, -0.25) is 4.79 Å². The second-order valence-electron chi connectivity index (χ2n) is 5.62. The smallest absolute Gasteiger partial charge is 0.234 e. The van der Waals surface area contributed by atoms with E-state index in [1.807, 2.05) is 11.5 Å². The lowest BCUT2D eigenvalue weighted by Crippen LogP contribution is -2.16. The molecular weight excluding hydrogens is 402 g/mol. The van der Waals surface area contributed by atoms with Gasteiger partial charge in [0.2, 0.25) is 5.91 Å². The third kappa shape index (κ3) is 4.76. The van der Waals surface area contributed by atoms with Crippen LogP contribution in [0.1, 0.15) is 19.7 Å². The van der Waals surface area contributed by atoms with Crippen molar-refractivity contribution in [2.75, 3.05) is 11.1 Å². The average molecular weight is 419 g/mol. The second-order valence-corrected chi connectivity index (χ2v) is 7.41. The molecule has 130 valence electrons. The van der Waals surface area contributed by atoms with Gasteiger partial charge in [-0.15, -0.1) is 10.2 Å². The van der Waals surface area contributed by atoms with Crippen LogP contribution in [0.2, 0.25) is 0 Å². The third-order valence-corrected chi connectivity index (χ3v) is 4.65. The first kappa shape index (κ1) is 18.9. The Morgan fingerprint density at radius 3 is 2.71 bits per heavy atom. The molecule has 0 fully saturated rings. The highest BCUT2D eigenvalue weighted by molar-refractivity contribution is 9.10. The monoisotopic (exact) mass is 418 g/mol. The number of carbonyl (C=O) groups excluding carboxylic acids is 1. The molecule has 1 aromatic carbocycles. The minimum atomic E-state index is -0.834. The van der Waals surface area contributed by atoms with Crippen LogP contribution in [0.5, 0.6) is 0 Å². The molecule has 24 heavy (non-hydrogen) atoms. The molecule has 0 atom stereocenters. The van der Waals surface area contributed by atoms with Crippen molar-refractivity contribution >= 4 is 39.3 Å². The summed E-state index contributed by atoms with van der Waals surface area (Å²) in [6.45, 7) is 6.76. The number of hydrogen-bond acceptors (Lipinski definition) is 4. The number of hydrogen-bond donors (Lipinski definition) is 1. The van der Waals surface area contributed by atoms with Gasteiger partial charge in [-0.2, -0.15) is 0 Å². The van der Waals surface area contributed by atoms with E-state index in [1.54, 1.807) is 0 Å². The van der Waals surface area contributed by atoms with E-state index in [-0.39, 0.29) is 15.9 Å². The number of nitrogens with one attached hydrogen (secondary N) is 1. The zero-order valence-electron chi connectivity index (χ0n) is 13.4. The molecule has 0 aliphatic heterocycles. The Balaban J connectivity index is 2.02. The maximum absolute atomic E-state index is 13.7. The third-order valence-electron chi connectivity index (χ3n) is 3.05. The van der Waals surface area contributed by atoms with E-state index in [4.69, 9.17) is 0 Å². The van der Waals surface area contributed by atoms with E-state index in [1.165, 1.54) is 11.8 Å². The van der Waals surface area contributed by atoms with E-state index < -0.39 is 17.5 Å². The standard InChI is InChI=1S/C15H17BrF2N4OS/c1-8(2)6-22-9(3)20-21-15(22)24-7-13(23)19-14-11(16)4-10(17)5-12(14)18/h4-5,8H,6-7H2,1-3H3,(H,19,23). The molecule has 2 aromatic rings. The van der Waals surface area contributed by atoms with Crippen LogP contribution in [-0.4, -0.2) is 26.4 Å². The summed E-state index contributed by atoms with van der Waals surface area (Å²) in [4.78, 5) is 12.0. The van der Waals surface area contributed by atoms with E-state index in [9.17, 15) is 13.6 Å². The first-order chi connectivity index (χ1) is 11.3. The molecule has 1 N–H and O–H groups in total. The Morgan fingerprint density at radius 1 is 1.38 bits per heavy atom. The molecule has 0 saturated heterocycles. The van der Waals surface area contributed by atoms with Crippen molar-refractivity contribution in [3.63, 3.8) is 0 Å². The molecule has 0 unspecified atom stereocenters. The van der Waals surface area contributed by atoms with Crippen molar-refractivity contribution in [3.05, 3.63) is 34.1 Å². The summed E-state index contributed by atoms with van der Waals surface area (Å²) < 4.78 is 28.9. The summed E-state index contributed by atoms with van der Waals surface area (Å²) in [6.07, 6.45) is 0. The number of aromatic nitrogens is 3. The number of nitrogens with zero attached hydrogens (tertiary/aromatic N) is 3. The summed E-state index contributed by atoms with van der Waals surface area (Å²) >= 11 is 4.25. The fourth-order valence-corrected chi connectivity index (χ4v) is 3.31. The highest BCUT2D eigenvalue weighted by Gasteiger charge is 2.15. The number of anilines is 1. The molecule has 5 nitrogen and oxygen atoms in total. The molecule has 0 aliphatic rings. The maximum atomic E-state index is 13.7. The second kappa shape index (κ2) is 8.06. The largest absolute Gasteiger partial charge is 0.322 e. The molecule has 2 rings (SSSR count). The van der Waals surface area contributed by atoms with Crippen LogP contribution in [0.3, 0.4) is 0 Å². The fourth-order valence-electron chi connectivity index (χ4n) is 2.01. The molecule has 1 amide bonds. The Hall–Kier alpha value is -1.48. The van der Waals surface area contributed by atoms with Crippen LogP contribution in [0, 0.1) is 24.5 Å². The predicted octanol–water partition coefficient (Wildman–Crippen LogP) is 4.01. The van der Waals surface area contributed by atoms with E-state index in [0.717, 1.165) is 24.5 Å². The van der Waals surface area contributed by atoms with Gasteiger partial charge < -0.3 is 9.88 Å². The van der Waals surface area contributed by atoms with Crippen LogP contribution >= 0.6 is 27.7 Å². The Labute approximate surface area is 151 Å². The minimum absolute atomic E-state index is 0.0412. The first-order valence-corrected chi connectivity index (χ1v) is 9.02. The molecule has 0 aliphatic carbocycles. The van der Waals surface area contributed by atoms with Gasteiger partial charge in [0, 0.05) is 17.1 Å². The topological polar surface area (TPSA) is 59.8 Å². The molecule has 1 aromatic heterocycles. The lowest BCUT2D eigenvalue weighted by atomic mass is 10.2. The number of carbonyl (C=O) groups is 1. The van der Waals surface area contributed by atoms with Gasteiger partial charge in [0.25, 0.3) is 0 Å². The summed E-state index contributed by atoms with van der Waals surface area (Å²) in [7, 11) is 0. The van der Waals surface area contributed by atoms with Crippen molar-refractivity contribution in [1.82, 2.24) is 14.8 Å². The van der Waals surface area contributed by atoms with Crippen LogP contribution in [0.4, 0.5) is 14.5 Å². The molecular formula is C15H17BrF2N4OS. The van der Waals surface area contributed by atoms with Crippen LogP contribution < -0.4 is 5.32 Å². The molecule has 0 saturated carbocycles. The van der Waals surface area contributed by atoms with E-state index in [0.29, 0.717) is 11.1 Å². The van der Waals surface area contributed by atoms with Gasteiger partial charge in [-0.25, -0.2) is 8.78 Å². The van der Waals surface area contributed by atoms with Crippen LogP contribution in [0.25, 0.3) is 0 Å². The molecule has 9 heteroatoms. The fraction of sp³-hybridized carbons (Fsp3) is 0.400. The maximum Gasteiger partial charge on any atom is 0.234 e. The van der Waals surface area contributed by atoms with Crippen LogP contribution in [0.15, 0.2) is 21.8 Å². The zero-order chi connectivity index (χ0) is 17.9. The highest BCUT2D eigenvalue weighted by Crippen LogP contribution is 2.27. The number of rotatable bonds is 6. The highest BCUT2D eigenvalue weighted by atomic mass is 79.9. The Kier molecular flexibility index (Phi) is 6.34. The van der Waals surface area contributed by atoms with Gasteiger partial charge in [-0.1, -0.05) is 25.6 Å². The summed E-state index contributed by atoms with van der Waals surface area (Å²) in [5.74, 6) is -0.735. The quantitative estimate of drug-likeness (QED) is 0.719. The normalized spacial score (nSPS) is 11.1. The van der Waals surface area contributed by atoms with Crippen LogP contribution in [-0.2, 0) is 11.3 Å². The van der Waals surface area contributed by atoms with Crippen molar-refractivity contribution in [3.8, 4) is 0 Å². The van der Waals surface area contributed by atoms with Crippen molar-refractivity contribution in [2.24, 2.45) is 5.92 Å². The molecule has 0 radical (unpaired) electrons.